The fourth-order valence-corrected chi connectivity index (χ4v) is 3.02. The SMILES string of the molecule is CCOC(=O)N1CCC(NC(N)=NCc2cccc(OCC)c2OC(F)F)CC1.I. The van der Waals surface area contributed by atoms with E-state index < -0.39 is 6.61 Å². The van der Waals surface area contributed by atoms with E-state index in [9.17, 15) is 13.6 Å². The lowest BCUT2D eigenvalue weighted by atomic mass is 10.1. The Kier molecular flexibility index (Phi) is 11.5. The average Bonchev–Trinajstić information content (AvgIpc) is 2.69. The Labute approximate surface area is 192 Å². The smallest absolute Gasteiger partial charge is 0.409 e. The predicted octanol–water partition coefficient (Wildman–Crippen LogP) is 3.33. The zero-order valence-electron chi connectivity index (χ0n) is 17.1. The minimum Gasteiger partial charge on any atom is -0.490 e. The number of hydrogen-bond acceptors (Lipinski definition) is 5. The number of carbonyl (C=O) groups is 1. The molecule has 3 N–H and O–H groups in total. The van der Waals surface area contributed by atoms with E-state index in [1.165, 1.54) is 0 Å². The summed E-state index contributed by atoms with van der Waals surface area (Å²) in [6.45, 7) is 2.40. The fourth-order valence-electron chi connectivity index (χ4n) is 3.02. The van der Waals surface area contributed by atoms with E-state index in [4.69, 9.17) is 15.2 Å². The van der Waals surface area contributed by atoms with Crippen molar-refractivity contribution in [1.82, 2.24) is 10.2 Å². The monoisotopic (exact) mass is 542 g/mol. The maximum absolute atomic E-state index is 12.8. The number of benzene rings is 1. The molecular formula is C19H29F2IN4O4. The minimum atomic E-state index is -2.97. The highest BCUT2D eigenvalue weighted by atomic mass is 127. The highest BCUT2D eigenvalue weighted by molar-refractivity contribution is 14.0. The van der Waals surface area contributed by atoms with Crippen molar-refractivity contribution in [3.63, 3.8) is 0 Å². The van der Waals surface area contributed by atoms with Gasteiger partial charge in [-0.1, -0.05) is 12.1 Å². The molecule has 0 atom stereocenters. The number of rotatable bonds is 8. The van der Waals surface area contributed by atoms with E-state index in [2.05, 4.69) is 15.0 Å². The molecule has 0 radical (unpaired) electrons. The molecule has 1 amide bonds. The number of carbonyl (C=O) groups excluding carboxylic acids is 1. The van der Waals surface area contributed by atoms with Gasteiger partial charge < -0.3 is 30.2 Å². The van der Waals surface area contributed by atoms with Crippen molar-refractivity contribution in [2.75, 3.05) is 26.3 Å². The largest absolute Gasteiger partial charge is 0.490 e. The number of para-hydroxylation sites is 1. The second-order valence-electron chi connectivity index (χ2n) is 6.36. The first-order chi connectivity index (χ1) is 13.9. The Hall–Kier alpha value is -2.05. The van der Waals surface area contributed by atoms with Crippen molar-refractivity contribution in [1.29, 1.82) is 0 Å². The van der Waals surface area contributed by atoms with Crippen LogP contribution in [0.4, 0.5) is 13.6 Å². The Morgan fingerprint density at radius 2 is 2.00 bits per heavy atom. The number of guanidine groups is 1. The zero-order chi connectivity index (χ0) is 21.2. The van der Waals surface area contributed by atoms with Gasteiger partial charge in [0, 0.05) is 24.7 Å². The van der Waals surface area contributed by atoms with Crippen molar-refractivity contribution >= 4 is 36.0 Å². The van der Waals surface area contributed by atoms with Crippen LogP contribution in [0.2, 0.25) is 0 Å². The van der Waals surface area contributed by atoms with Crippen LogP contribution < -0.4 is 20.5 Å². The number of amides is 1. The molecule has 1 heterocycles. The van der Waals surface area contributed by atoms with Gasteiger partial charge in [0.1, 0.15) is 0 Å². The van der Waals surface area contributed by atoms with Crippen molar-refractivity contribution in [3.05, 3.63) is 23.8 Å². The first-order valence-corrected chi connectivity index (χ1v) is 9.62. The van der Waals surface area contributed by atoms with Crippen LogP contribution in [0.15, 0.2) is 23.2 Å². The highest BCUT2D eigenvalue weighted by Gasteiger charge is 2.23. The molecular weight excluding hydrogens is 513 g/mol. The quantitative estimate of drug-likeness (QED) is 0.297. The van der Waals surface area contributed by atoms with Gasteiger partial charge in [-0.15, -0.1) is 24.0 Å². The van der Waals surface area contributed by atoms with E-state index >= 15 is 0 Å². The van der Waals surface area contributed by atoms with E-state index in [0.29, 0.717) is 44.7 Å². The summed E-state index contributed by atoms with van der Waals surface area (Å²) in [5, 5.41) is 3.11. The summed E-state index contributed by atoms with van der Waals surface area (Å²) in [7, 11) is 0. The van der Waals surface area contributed by atoms with E-state index in [-0.39, 0.29) is 60.1 Å². The number of ether oxygens (including phenoxy) is 3. The number of hydrogen-bond donors (Lipinski definition) is 2. The summed E-state index contributed by atoms with van der Waals surface area (Å²) in [4.78, 5) is 17.6. The Morgan fingerprint density at radius 1 is 1.30 bits per heavy atom. The second-order valence-corrected chi connectivity index (χ2v) is 6.36. The predicted molar refractivity (Wildman–Crippen MR) is 120 cm³/mol. The summed E-state index contributed by atoms with van der Waals surface area (Å²) in [6.07, 6.45) is 1.09. The van der Waals surface area contributed by atoms with Crippen LogP contribution in [-0.4, -0.2) is 55.9 Å². The van der Waals surface area contributed by atoms with Crippen molar-refractivity contribution in [3.8, 4) is 11.5 Å². The summed E-state index contributed by atoms with van der Waals surface area (Å²) in [5.74, 6) is 0.395. The molecule has 2 rings (SSSR count). The van der Waals surface area contributed by atoms with Crippen LogP contribution in [0.1, 0.15) is 32.3 Å². The lowest BCUT2D eigenvalue weighted by Crippen LogP contribution is -2.48. The number of likely N-dealkylation sites (tertiary alicyclic amines) is 1. The van der Waals surface area contributed by atoms with E-state index in [0.717, 1.165) is 0 Å². The van der Waals surface area contributed by atoms with Gasteiger partial charge >= 0.3 is 12.7 Å². The molecule has 1 saturated heterocycles. The molecule has 1 aliphatic rings. The maximum Gasteiger partial charge on any atom is 0.409 e. The van der Waals surface area contributed by atoms with Crippen LogP contribution in [0.3, 0.4) is 0 Å². The first kappa shape index (κ1) is 26.0. The first-order valence-electron chi connectivity index (χ1n) is 9.62. The van der Waals surface area contributed by atoms with Crippen LogP contribution in [0.25, 0.3) is 0 Å². The topological polar surface area (TPSA) is 98.4 Å². The van der Waals surface area contributed by atoms with E-state index in [1.54, 1.807) is 36.9 Å². The second kappa shape index (κ2) is 13.3. The van der Waals surface area contributed by atoms with Gasteiger partial charge in [-0.05, 0) is 32.8 Å². The van der Waals surface area contributed by atoms with Crippen LogP contribution >= 0.6 is 24.0 Å². The van der Waals surface area contributed by atoms with Gasteiger partial charge in [-0.3, -0.25) is 0 Å². The van der Waals surface area contributed by atoms with Gasteiger partial charge in [0.05, 0.1) is 19.8 Å². The van der Waals surface area contributed by atoms with Crippen molar-refractivity contribution in [2.24, 2.45) is 10.7 Å². The molecule has 1 aliphatic heterocycles. The number of alkyl halides is 2. The van der Waals surface area contributed by atoms with Crippen LogP contribution in [0, 0.1) is 0 Å². The fraction of sp³-hybridized carbons (Fsp3) is 0.579. The molecule has 11 heteroatoms. The number of halogens is 3. The molecule has 0 aliphatic carbocycles. The molecule has 0 aromatic heterocycles. The third-order valence-corrected chi connectivity index (χ3v) is 4.36. The molecule has 1 aromatic carbocycles. The number of nitrogens with zero attached hydrogens (tertiary/aromatic N) is 2. The van der Waals surface area contributed by atoms with Crippen LogP contribution in [-0.2, 0) is 11.3 Å². The molecule has 0 bridgehead atoms. The molecule has 0 unspecified atom stereocenters. The lowest BCUT2D eigenvalue weighted by molar-refractivity contribution is -0.0520. The molecule has 8 nitrogen and oxygen atoms in total. The molecule has 170 valence electrons. The molecule has 0 saturated carbocycles. The summed E-state index contributed by atoms with van der Waals surface area (Å²) in [6, 6.07) is 4.95. The van der Waals surface area contributed by atoms with Gasteiger partial charge in [0.2, 0.25) is 0 Å². The zero-order valence-corrected chi connectivity index (χ0v) is 19.4. The Bertz CT molecular complexity index is 701. The van der Waals surface area contributed by atoms with Crippen molar-refractivity contribution < 1.29 is 27.8 Å². The van der Waals surface area contributed by atoms with Gasteiger partial charge in [-0.2, -0.15) is 8.78 Å². The van der Waals surface area contributed by atoms with Gasteiger partial charge in [0.15, 0.2) is 17.5 Å². The number of nitrogens with one attached hydrogen (secondary N) is 1. The molecule has 1 aromatic rings. The van der Waals surface area contributed by atoms with Crippen LogP contribution in [0.5, 0.6) is 11.5 Å². The Balaban J connectivity index is 0.00000450. The Morgan fingerprint density at radius 3 is 2.60 bits per heavy atom. The number of nitrogens with two attached hydrogens (primary N) is 1. The molecule has 30 heavy (non-hydrogen) atoms. The molecule has 1 fully saturated rings. The van der Waals surface area contributed by atoms with Crippen molar-refractivity contribution in [2.45, 2.75) is 45.9 Å². The lowest BCUT2D eigenvalue weighted by Gasteiger charge is -2.31. The highest BCUT2D eigenvalue weighted by Crippen LogP contribution is 2.33. The average molecular weight is 542 g/mol. The summed E-state index contributed by atoms with van der Waals surface area (Å²) in [5.41, 5.74) is 6.40. The standard InChI is InChI=1S/C19H28F2N4O4.HI/c1-3-27-15-7-5-6-13(16(15)29-17(20)21)12-23-18(22)24-14-8-10-25(11-9-14)19(26)28-4-2;/h5-7,14,17H,3-4,8-12H2,1-2H3,(H3,22,23,24);1H. The maximum atomic E-state index is 12.8. The number of piperidine rings is 1. The van der Waals surface area contributed by atoms with Gasteiger partial charge in [-0.25, -0.2) is 9.79 Å². The van der Waals surface area contributed by atoms with Gasteiger partial charge in [0.25, 0.3) is 0 Å². The third kappa shape index (κ3) is 8.00. The third-order valence-electron chi connectivity index (χ3n) is 4.36. The number of aliphatic imine (C=N–C) groups is 1. The summed E-state index contributed by atoms with van der Waals surface area (Å²) >= 11 is 0. The summed E-state index contributed by atoms with van der Waals surface area (Å²) < 4.78 is 40.5. The minimum absolute atomic E-state index is 0. The molecule has 0 spiro atoms. The van der Waals surface area contributed by atoms with E-state index in [1.807, 2.05) is 0 Å². The normalized spacial score (nSPS) is 14.8.